The fraction of sp³-hybridized carbons (Fsp3) is 0.741. The summed E-state index contributed by atoms with van der Waals surface area (Å²) in [6.45, 7) is 12.3. The molecule has 0 bridgehead atoms. The van der Waals surface area contributed by atoms with E-state index in [0.717, 1.165) is 30.1 Å². The molecule has 4 aliphatic carbocycles. The van der Waals surface area contributed by atoms with Gasteiger partial charge in [-0.25, -0.2) is 0 Å². The minimum Gasteiger partial charge on any atom is -0.290 e. The molecule has 0 heterocycles. The Balaban J connectivity index is 1.54. The highest BCUT2D eigenvalue weighted by molar-refractivity contribution is 6.01. The van der Waals surface area contributed by atoms with E-state index in [9.17, 15) is 4.79 Å². The predicted octanol–water partition coefficient (Wildman–Crippen LogP) is 7.29. The average Bonchev–Trinajstić information content (AvgIpc) is 2.99. The molecule has 28 heavy (non-hydrogen) atoms. The molecule has 1 heteroatoms. The van der Waals surface area contributed by atoms with E-state index >= 15 is 0 Å². The third kappa shape index (κ3) is 3.17. The van der Waals surface area contributed by atoms with Crippen molar-refractivity contribution in [2.45, 2.75) is 86.0 Å². The summed E-state index contributed by atoms with van der Waals surface area (Å²) in [6, 6.07) is 0. The van der Waals surface area contributed by atoms with Crippen LogP contribution in [0, 0.1) is 40.4 Å². The van der Waals surface area contributed by atoms with Gasteiger partial charge in [0.25, 0.3) is 0 Å². The maximum Gasteiger partial charge on any atom is 0.178 e. The summed E-state index contributed by atoms with van der Waals surface area (Å²) >= 11 is 0. The summed E-state index contributed by atoms with van der Waals surface area (Å²) in [5.74, 6) is 4.15. The first-order valence-corrected chi connectivity index (χ1v) is 11.9. The van der Waals surface area contributed by atoms with Crippen LogP contribution in [0.1, 0.15) is 86.0 Å². The van der Waals surface area contributed by atoms with Crippen molar-refractivity contribution >= 4 is 5.78 Å². The monoisotopic (exact) mass is 380 g/mol. The molecule has 0 aliphatic heterocycles. The van der Waals surface area contributed by atoms with Crippen molar-refractivity contribution in [3.63, 3.8) is 0 Å². The average molecular weight is 381 g/mol. The van der Waals surface area contributed by atoms with Gasteiger partial charge in [0.05, 0.1) is 0 Å². The van der Waals surface area contributed by atoms with Crippen LogP contribution in [0.15, 0.2) is 35.5 Å². The van der Waals surface area contributed by atoms with E-state index in [1.807, 2.05) is 12.2 Å². The van der Waals surface area contributed by atoms with Gasteiger partial charge in [0.2, 0.25) is 0 Å². The van der Waals surface area contributed by atoms with Crippen LogP contribution in [-0.4, -0.2) is 5.78 Å². The molecule has 0 radical (unpaired) electrons. The van der Waals surface area contributed by atoms with E-state index in [-0.39, 0.29) is 11.2 Å². The molecule has 2 saturated carbocycles. The Morgan fingerprint density at radius 3 is 2.61 bits per heavy atom. The third-order valence-corrected chi connectivity index (χ3v) is 9.20. The van der Waals surface area contributed by atoms with Gasteiger partial charge in [-0.3, -0.25) is 4.79 Å². The molecule has 0 N–H and O–H groups in total. The first kappa shape index (κ1) is 20.2. The number of hydrogen-bond donors (Lipinski definition) is 0. The fourth-order valence-corrected chi connectivity index (χ4v) is 7.53. The van der Waals surface area contributed by atoms with Crippen LogP contribution in [0.5, 0.6) is 0 Å². The molecule has 0 aromatic carbocycles. The molecule has 4 rings (SSSR count). The maximum atomic E-state index is 11.9. The smallest absolute Gasteiger partial charge is 0.178 e. The number of carbonyl (C=O) groups is 1. The second kappa shape index (κ2) is 7.29. The van der Waals surface area contributed by atoms with E-state index in [0.29, 0.717) is 11.3 Å². The number of allylic oxidation sites excluding steroid dienone is 6. The van der Waals surface area contributed by atoms with Gasteiger partial charge < -0.3 is 0 Å². The van der Waals surface area contributed by atoms with E-state index < -0.39 is 0 Å². The highest BCUT2D eigenvalue weighted by atomic mass is 16.1. The Hall–Kier alpha value is -1.11. The first-order valence-electron chi connectivity index (χ1n) is 11.9. The molecule has 0 unspecified atom stereocenters. The molecule has 6 atom stereocenters. The van der Waals surface area contributed by atoms with Crippen molar-refractivity contribution in [2.24, 2.45) is 40.4 Å². The van der Waals surface area contributed by atoms with Gasteiger partial charge in [-0.1, -0.05) is 77.2 Å². The van der Waals surface area contributed by atoms with E-state index in [2.05, 4.69) is 46.8 Å². The van der Waals surface area contributed by atoms with Gasteiger partial charge in [-0.15, -0.1) is 0 Å². The van der Waals surface area contributed by atoms with Crippen molar-refractivity contribution in [3.8, 4) is 0 Å². The number of fused-ring (bicyclic) bond motifs is 5. The number of rotatable bonds is 5. The molecule has 2 fully saturated rings. The molecule has 154 valence electrons. The molecule has 0 aromatic heterocycles. The van der Waals surface area contributed by atoms with Crippen molar-refractivity contribution in [1.29, 1.82) is 0 Å². The van der Waals surface area contributed by atoms with Crippen molar-refractivity contribution < 1.29 is 4.79 Å². The topological polar surface area (TPSA) is 17.1 Å². The predicted molar refractivity (Wildman–Crippen MR) is 118 cm³/mol. The molecule has 0 spiro atoms. The van der Waals surface area contributed by atoms with Gasteiger partial charge in [-0.2, -0.15) is 0 Å². The number of carbonyl (C=O) groups excluding carboxylic acids is 1. The Bertz CT molecular complexity index is 723. The van der Waals surface area contributed by atoms with Crippen molar-refractivity contribution in [1.82, 2.24) is 0 Å². The minimum atomic E-state index is 0.0836. The Kier molecular flexibility index (Phi) is 5.26. The lowest BCUT2D eigenvalue weighted by Gasteiger charge is -2.53. The Morgan fingerprint density at radius 1 is 1.07 bits per heavy atom. The molecule has 0 amide bonds. The van der Waals surface area contributed by atoms with Gasteiger partial charge in [0, 0.05) is 5.41 Å². The molecular formula is C27H40O. The summed E-state index contributed by atoms with van der Waals surface area (Å²) in [4.78, 5) is 11.9. The molecule has 1 nitrogen and oxygen atoms in total. The van der Waals surface area contributed by atoms with Crippen molar-refractivity contribution in [2.75, 3.05) is 0 Å². The van der Waals surface area contributed by atoms with E-state index in [1.54, 1.807) is 5.57 Å². The Labute approximate surface area is 172 Å². The first-order chi connectivity index (χ1) is 13.3. The lowest BCUT2D eigenvalue weighted by Crippen LogP contribution is -2.45. The second-order valence-electron chi connectivity index (χ2n) is 11.2. The van der Waals surface area contributed by atoms with Gasteiger partial charge >= 0.3 is 0 Å². The SMILES string of the molecule is CC(C)CCC[C@@H](C)[C@H]1CC[C@H]2C3=CCC4=CC(=O)C=C[C@]4(C)[C@H]3CC[C@]12C. The van der Waals surface area contributed by atoms with E-state index in [4.69, 9.17) is 0 Å². The van der Waals surface area contributed by atoms with Crippen LogP contribution in [0.3, 0.4) is 0 Å². The van der Waals surface area contributed by atoms with Crippen LogP contribution in [0.2, 0.25) is 0 Å². The minimum absolute atomic E-state index is 0.0836. The Morgan fingerprint density at radius 2 is 1.86 bits per heavy atom. The fourth-order valence-electron chi connectivity index (χ4n) is 7.53. The summed E-state index contributed by atoms with van der Waals surface area (Å²) < 4.78 is 0. The molecule has 4 aliphatic rings. The van der Waals surface area contributed by atoms with Crippen LogP contribution < -0.4 is 0 Å². The van der Waals surface area contributed by atoms with Gasteiger partial charge in [0.1, 0.15) is 0 Å². The highest BCUT2D eigenvalue weighted by Crippen LogP contribution is 2.65. The van der Waals surface area contributed by atoms with Crippen LogP contribution >= 0.6 is 0 Å². The molecular weight excluding hydrogens is 340 g/mol. The second-order valence-corrected chi connectivity index (χ2v) is 11.2. The summed E-state index contributed by atoms with van der Waals surface area (Å²) in [5, 5.41) is 0. The lowest BCUT2D eigenvalue weighted by atomic mass is 9.50. The van der Waals surface area contributed by atoms with E-state index in [1.165, 1.54) is 50.5 Å². The molecule has 0 saturated heterocycles. The van der Waals surface area contributed by atoms with Crippen LogP contribution in [0.25, 0.3) is 0 Å². The zero-order chi connectivity index (χ0) is 20.1. The third-order valence-electron chi connectivity index (χ3n) is 9.20. The normalized spacial score (nSPS) is 40.5. The highest BCUT2D eigenvalue weighted by Gasteiger charge is 2.56. The van der Waals surface area contributed by atoms with Gasteiger partial charge in [0.15, 0.2) is 5.78 Å². The number of ketones is 1. The standard InChI is InChI=1S/C27H40O/c1-18(2)7-6-8-19(3)23-11-12-24-22-10-9-20-17-21(28)13-15-26(20,4)25(22)14-16-27(23,24)5/h10,13,15,17-19,23-25H,6-9,11-12,14,16H2,1-5H3/t19-,23-,24+,25+,26+,27-/m1/s1. The zero-order valence-corrected chi connectivity index (χ0v) is 18.8. The largest absolute Gasteiger partial charge is 0.290 e. The molecule has 0 aromatic rings. The lowest BCUT2D eigenvalue weighted by molar-refractivity contribution is -0.110. The maximum absolute atomic E-state index is 11.9. The zero-order valence-electron chi connectivity index (χ0n) is 18.8. The van der Waals surface area contributed by atoms with Crippen LogP contribution in [0.4, 0.5) is 0 Å². The summed E-state index contributed by atoms with van der Waals surface area (Å²) in [5.41, 5.74) is 3.68. The summed E-state index contributed by atoms with van der Waals surface area (Å²) in [6.07, 6.45) is 19.2. The summed E-state index contributed by atoms with van der Waals surface area (Å²) in [7, 11) is 0. The van der Waals surface area contributed by atoms with Crippen molar-refractivity contribution in [3.05, 3.63) is 35.5 Å². The van der Waals surface area contributed by atoms with Crippen LogP contribution in [-0.2, 0) is 4.79 Å². The number of hydrogen-bond acceptors (Lipinski definition) is 1. The van der Waals surface area contributed by atoms with Gasteiger partial charge in [-0.05, 0) is 79.3 Å². The quantitative estimate of drug-likeness (QED) is 0.457.